The second-order valence-electron chi connectivity index (χ2n) is 6.80. The van der Waals surface area contributed by atoms with Crippen LogP contribution in [0.4, 0.5) is 0 Å². The fourth-order valence-corrected chi connectivity index (χ4v) is 2.88. The summed E-state index contributed by atoms with van der Waals surface area (Å²) in [4.78, 5) is 24.1. The summed E-state index contributed by atoms with van der Waals surface area (Å²) < 4.78 is 15.8. The molecule has 0 aliphatic rings. The molecular weight excluding hydrogens is 382 g/mol. The lowest BCUT2D eigenvalue weighted by Crippen LogP contribution is -2.33. The molecular formula is C24H29NO5. The highest BCUT2D eigenvalue weighted by molar-refractivity contribution is 5.81. The summed E-state index contributed by atoms with van der Waals surface area (Å²) in [6, 6.07) is 13.2. The van der Waals surface area contributed by atoms with Crippen LogP contribution in [0.3, 0.4) is 0 Å². The number of benzene rings is 2. The van der Waals surface area contributed by atoms with Crippen LogP contribution in [0.25, 0.3) is 6.08 Å². The molecule has 1 N–H and O–H groups in total. The molecule has 0 unspecified atom stereocenters. The smallest absolute Gasteiger partial charge is 0.344 e. The van der Waals surface area contributed by atoms with Gasteiger partial charge in [-0.25, -0.2) is 4.79 Å². The number of amides is 1. The number of esters is 1. The molecule has 0 radical (unpaired) electrons. The first-order chi connectivity index (χ1) is 14.5. The third-order valence-corrected chi connectivity index (χ3v) is 4.48. The minimum atomic E-state index is -0.631. The van der Waals surface area contributed by atoms with E-state index in [0.717, 1.165) is 23.1 Å². The maximum Gasteiger partial charge on any atom is 0.344 e. The number of nitrogens with one attached hydrogen (secondary N) is 1. The van der Waals surface area contributed by atoms with Crippen LogP contribution >= 0.6 is 0 Å². The number of methoxy groups -OCH3 is 1. The summed E-state index contributed by atoms with van der Waals surface area (Å²) in [5.74, 6) is -0.0465. The van der Waals surface area contributed by atoms with Crippen molar-refractivity contribution in [1.82, 2.24) is 5.32 Å². The van der Waals surface area contributed by atoms with E-state index < -0.39 is 5.97 Å². The van der Waals surface area contributed by atoms with E-state index in [-0.39, 0.29) is 25.2 Å². The molecule has 0 spiro atoms. The molecule has 2 rings (SSSR count). The van der Waals surface area contributed by atoms with Crippen molar-refractivity contribution in [3.63, 3.8) is 0 Å². The molecule has 1 amide bonds. The highest BCUT2D eigenvalue weighted by Gasteiger charge is 2.15. The Morgan fingerprint density at radius 1 is 1.07 bits per heavy atom. The molecule has 6 nitrogen and oxygen atoms in total. The molecule has 0 saturated carbocycles. The van der Waals surface area contributed by atoms with Crippen LogP contribution in [-0.4, -0.2) is 32.2 Å². The normalized spacial score (nSPS) is 11.7. The summed E-state index contributed by atoms with van der Waals surface area (Å²) in [6.07, 6.45) is 4.58. The molecule has 160 valence electrons. The summed E-state index contributed by atoms with van der Waals surface area (Å²) in [5.41, 5.74) is 3.13. The maximum atomic E-state index is 12.2. The van der Waals surface area contributed by atoms with Crippen LogP contribution in [0, 0.1) is 6.92 Å². The van der Waals surface area contributed by atoms with Gasteiger partial charge in [-0.3, -0.25) is 4.79 Å². The zero-order valence-electron chi connectivity index (χ0n) is 17.9. The van der Waals surface area contributed by atoms with Crippen LogP contribution in [-0.2, 0) is 14.3 Å². The zero-order chi connectivity index (χ0) is 21.9. The Balaban J connectivity index is 1.82. The molecule has 0 saturated heterocycles. The van der Waals surface area contributed by atoms with Crippen molar-refractivity contribution in [2.24, 2.45) is 0 Å². The Morgan fingerprint density at radius 3 is 2.43 bits per heavy atom. The number of hydrogen-bond acceptors (Lipinski definition) is 5. The predicted octanol–water partition coefficient (Wildman–Crippen LogP) is 4.23. The first-order valence-corrected chi connectivity index (χ1v) is 9.91. The van der Waals surface area contributed by atoms with Crippen molar-refractivity contribution >= 4 is 18.0 Å². The summed E-state index contributed by atoms with van der Waals surface area (Å²) in [6.45, 7) is 5.24. The van der Waals surface area contributed by atoms with E-state index in [1.54, 1.807) is 6.07 Å². The average molecular weight is 411 g/mol. The van der Waals surface area contributed by atoms with Gasteiger partial charge in [0.1, 0.15) is 0 Å². The van der Waals surface area contributed by atoms with Gasteiger partial charge in [0.2, 0.25) is 0 Å². The average Bonchev–Trinajstić information content (AvgIpc) is 2.75. The van der Waals surface area contributed by atoms with Crippen LogP contribution in [0.1, 0.15) is 43.0 Å². The SMILES string of the molecule is C/C=C/c1ccc(OCC(=O)OCC(=O)N[C@H](CC)c2ccc(C)cc2)c(OC)c1. The van der Waals surface area contributed by atoms with Gasteiger partial charge in [-0.15, -0.1) is 0 Å². The summed E-state index contributed by atoms with van der Waals surface area (Å²) in [7, 11) is 1.53. The Bertz CT molecular complexity index is 874. The monoisotopic (exact) mass is 411 g/mol. The van der Waals surface area contributed by atoms with Crippen molar-refractivity contribution < 1.29 is 23.8 Å². The number of allylic oxidation sites excluding steroid dienone is 1. The Morgan fingerprint density at radius 2 is 1.80 bits per heavy atom. The maximum absolute atomic E-state index is 12.2. The highest BCUT2D eigenvalue weighted by atomic mass is 16.6. The van der Waals surface area contributed by atoms with E-state index >= 15 is 0 Å². The van der Waals surface area contributed by atoms with Gasteiger partial charge in [-0.2, -0.15) is 0 Å². The minimum absolute atomic E-state index is 0.131. The van der Waals surface area contributed by atoms with Crippen molar-refractivity contribution in [2.75, 3.05) is 20.3 Å². The van der Waals surface area contributed by atoms with Crippen LogP contribution in [0.15, 0.2) is 48.5 Å². The van der Waals surface area contributed by atoms with Gasteiger partial charge in [0.05, 0.1) is 13.2 Å². The summed E-state index contributed by atoms with van der Waals surface area (Å²) in [5, 5.41) is 2.88. The van der Waals surface area contributed by atoms with E-state index in [4.69, 9.17) is 14.2 Å². The molecule has 30 heavy (non-hydrogen) atoms. The Hall–Kier alpha value is -3.28. The third-order valence-electron chi connectivity index (χ3n) is 4.48. The Labute approximate surface area is 177 Å². The molecule has 0 aromatic heterocycles. The van der Waals surface area contributed by atoms with E-state index in [2.05, 4.69) is 5.32 Å². The first-order valence-electron chi connectivity index (χ1n) is 9.91. The lowest BCUT2D eigenvalue weighted by atomic mass is 10.0. The molecule has 0 aliphatic carbocycles. The number of carbonyl (C=O) groups is 2. The van der Waals surface area contributed by atoms with Gasteiger partial charge >= 0.3 is 5.97 Å². The van der Waals surface area contributed by atoms with Gasteiger partial charge in [-0.1, -0.05) is 55.0 Å². The van der Waals surface area contributed by atoms with Gasteiger partial charge in [0, 0.05) is 0 Å². The zero-order valence-corrected chi connectivity index (χ0v) is 17.9. The number of aryl methyl sites for hydroxylation is 1. The first kappa shape index (κ1) is 23.0. The quantitative estimate of drug-likeness (QED) is 0.593. The van der Waals surface area contributed by atoms with Crippen LogP contribution in [0.2, 0.25) is 0 Å². The molecule has 1 atom stereocenters. The summed E-state index contributed by atoms with van der Waals surface area (Å²) >= 11 is 0. The van der Waals surface area contributed by atoms with Gasteiger partial charge in [0.25, 0.3) is 5.91 Å². The van der Waals surface area contributed by atoms with Gasteiger partial charge in [-0.05, 0) is 43.5 Å². The third kappa shape index (κ3) is 6.95. The highest BCUT2D eigenvalue weighted by Crippen LogP contribution is 2.28. The molecule has 2 aromatic rings. The van der Waals surface area contributed by atoms with E-state index in [1.807, 2.05) is 69.3 Å². The number of hydrogen-bond donors (Lipinski definition) is 1. The van der Waals surface area contributed by atoms with E-state index in [9.17, 15) is 9.59 Å². The van der Waals surface area contributed by atoms with Crippen molar-refractivity contribution in [3.8, 4) is 11.5 Å². The molecule has 2 aromatic carbocycles. The lowest BCUT2D eigenvalue weighted by Gasteiger charge is -2.17. The fraction of sp³-hybridized carbons (Fsp3) is 0.333. The largest absolute Gasteiger partial charge is 0.493 e. The topological polar surface area (TPSA) is 73.9 Å². The number of rotatable bonds is 10. The second-order valence-corrected chi connectivity index (χ2v) is 6.80. The minimum Gasteiger partial charge on any atom is -0.493 e. The fourth-order valence-electron chi connectivity index (χ4n) is 2.88. The standard InChI is InChI=1S/C24H29NO5/c1-5-7-18-10-13-21(22(14-18)28-4)29-16-24(27)30-15-23(26)25-20(6-2)19-11-8-17(3)9-12-19/h5,7-14,20H,6,15-16H2,1-4H3,(H,25,26)/b7-5+/t20-/m1/s1. The number of ether oxygens (including phenoxy) is 3. The van der Waals surface area contributed by atoms with Crippen LogP contribution < -0.4 is 14.8 Å². The Kier molecular flexibility index (Phi) is 8.94. The van der Waals surface area contributed by atoms with Crippen molar-refractivity contribution in [3.05, 3.63) is 65.2 Å². The second kappa shape index (κ2) is 11.7. The molecule has 0 heterocycles. The molecule has 0 bridgehead atoms. The molecule has 0 aliphatic heterocycles. The molecule has 0 fully saturated rings. The predicted molar refractivity (Wildman–Crippen MR) is 117 cm³/mol. The van der Waals surface area contributed by atoms with Crippen molar-refractivity contribution in [1.29, 1.82) is 0 Å². The van der Waals surface area contributed by atoms with Crippen LogP contribution in [0.5, 0.6) is 11.5 Å². The number of carbonyl (C=O) groups excluding carboxylic acids is 2. The van der Waals surface area contributed by atoms with Crippen molar-refractivity contribution in [2.45, 2.75) is 33.2 Å². The van der Waals surface area contributed by atoms with E-state index in [0.29, 0.717) is 11.5 Å². The lowest BCUT2D eigenvalue weighted by molar-refractivity contribution is -0.150. The van der Waals surface area contributed by atoms with E-state index in [1.165, 1.54) is 7.11 Å². The van der Waals surface area contributed by atoms with Gasteiger partial charge < -0.3 is 19.5 Å². The van der Waals surface area contributed by atoms with Gasteiger partial charge in [0.15, 0.2) is 24.7 Å². The molecule has 6 heteroatoms.